The van der Waals surface area contributed by atoms with Crippen LogP contribution in [-0.4, -0.2) is 53.7 Å². The van der Waals surface area contributed by atoms with E-state index in [0.717, 1.165) is 32.1 Å². The maximum absolute atomic E-state index is 11.5. The highest BCUT2D eigenvalue weighted by Gasteiger charge is 2.17. The van der Waals surface area contributed by atoms with E-state index < -0.39 is 19.9 Å². The van der Waals surface area contributed by atoms with Gasteiger partial charge in [-0.15, -0.1) is 0 Å². The smallest absolute Gasteiger partial charge is 0.212 e. The minimum atomic E-state index is -3.46. The van der Waals surface area contributed by atoms with Gasteiger partial charge in [0.05, 0.1) is 11.5 Å². The second-order valence-electron chi connectivity index (χ2n) is 4.43. The van der Waals surface area contributed by atoms with Gasteiger partial charge in [-0.1, -0.05) is 0 Å². The van der Waals surface area contributed by atoms with Crippen molar-refractivity contribution in [2.75, 3.05) is 30.9 Å². The van der Waals surface area contributed by atoms with Crippen LogP contribution < -0.4 is 10.0 Å². The Morgan fingerprint density at radius 2 is 1.94 bits per heavy atom. The van der Waals surface area contributed by atoms with Gasteiger partial charge in [-0.2, -0.15) is 0 Å². The van der Waals surface area contributed by atoms with Crippen LogP contribution in [0.2, 0.25) is 0 Å². The van der Waals surface area contributed by atoms with Gasteiger partial charge in [0.2, 0.25) is 10.0 Å². The molecule has 0 aromatic carbocycles. The minimum absolute atomic E-state index is 0.329. The fraction of sp³-hybridized carbons (Fsp3) is 1.00. The highest BCUT2D eigenvalue weighted by atomic mass is 32.2. The van der Waals surface area contributed by atoms with E-state index in [-0.39, 0.29) is 11.5 Å². The SMILES string of the molecule is CS(=O)(=O)CCS(=O)(=O)NCC[C@H]1CCCN1. The normalized spacial score (nSPS) is 21.8. The van der Waals surface area contributed by atoms with Crippen LogP contribution in [0.3, 0.4) is 0 Å². The summed E-state index contributed by atoms with van der Waals surface area (Å²) in [5.41, 5.74) is 0. The zero-order valence-electron chi connectivity index (χ0n) is 9.98. The molecular weight excluding hydrogens is 264 g/mol. The molecule has 2 N–H and O–H groups in total. The molecule has 0 bridgehead atoms. The minimum Gasteiger partial charge on any atom is -0.314 e. The lowest BCUT2D eigenvalue weighted by molar-refractivity contribution is 0.539. The van der Waals surface area contributed by atoms with Crippen molar-refractivity contribution in [3.8, 4) is 0 Å². The van der Waals surface area contributed by atoms with Gasteiger partial charge in [-0.05, 0) is 25.8 Å². The van der Waals surface area contributed by atoms with Crippen LogP contribution in [0.1, 0.15) is 19.3 Å². The highest BCUT2D eigenvalue weighted by molar-refractivity contribution is 7.93. The van der Waals surface area contributed by atoms with Gasteiger partial charge in [0, 0.05) is 18.8 Å². The van der Waals surface area contributed by atoms with Crippen LogP contribution in [0, 0.1) is 0 Å². The van der Waals surface area contributed by atoms with Gasteiger partial charge in [-0.25, -0.2) is 21.6 Å². The molecule has 0 radical (unpaired) electrons. The lowest BCUT2D eigenvalue weighted by atomic mass is 10.2. The molecule has 0 amide bonds. The van der Waals surface area contributed by atoms with Crippen molar-refractivity contribution in [2.45, 2.75) is 25.3 Å². The van der Waals surface area contributed by atoms with Gasteiger partial charge in [0.25, 0.3) is 0 Å². The first-order valence-corrected chi connectivity index (χ1v) is 9.38. The molecule has 0 aromatic heterocycles. The predicted molar refractivity (Wildman–Crippen MR) is 67.1 cm³/mol. The molecule has 1 atom stereocenters. The summed E-state index contributed by atoms with van der Waals surface area (Å²) in [5.74, 6) is -0.687. The summed E-state index contributed by atoms with van der Waals surface area (Å²) in [6.45, 7) is 1.36. The third kappa shape index (κ3) is 6.97. The highest BCUT2D eigenvalue weighted by Crippen LogP contribution is 2.07. The third-order valence-corrected chi connectivity index (χ3v) is 5.29. The van der Waals surface area contributed by atoms with E-state index in [1.165, 1.54) is 0 Å². The molecule has 1 rings (SSSR count). The Morgan fingerprint density at radius 3 is 2.47 bits per heavy atom. The number of rotatable bonds is 7. The van der Waals surface area contributed by atoms with E-state index in [9.17, 15) is 16.8 Å². The summed E-state index contributed by atoms with van der Waals surface area (Å²) < 4.78 is 47.1. The van der Waals surface area contributed by atoms with E-state index in [1.807, 2.05) is 0 Å². The van der Waals surface area contributed by atoms with Crippen molar-refractivity contribution in [1.29, 1.82) is 0 Å². The zero-order chi connectivity index (χ0) is 12.9. The average molecular weight is 284 g/mol. The van der Waals surface area contributed by atoms with Crippen molar-refractivity contribution >= 4 is 19.9 Å². The van der Waals surface area contributed by atoms with Gasteiger partial charge in [0.15, 0.2) is 0 Å². The van der Waals surface area contributed by atoms with E-state index in [2.05, 4.69) is 10.0 Å². The second-order valence-corrected chi connectivity index (χ2v) is 8.61. The quantitative estimate of drug-likeness (QED) is 0.631. The molecule has 1 saturated heterocycles. The maximum atomic E-state index is 11.5. The monoisotopic (exact) mass is 284 g/mol. The van der Waals surface area contributed by atoms with Crippen molar-refractivity contribution in [1.82, 2.24) is 10.0 Å². The number of sulfone groups is 1. The molecule has 0 saturated carbocycles. The summed E-state index contributed by atoms with van der Waals surface area (Å²) in [7, 11) is -6.69. The van der Waals surface area contributed by atoms with Gasteiger partial charge < -0.3 is 5.32 Å². The molecule has 1 fully saturated rings. The Balaban J connectivity index is 2.24. The third-order valence-electron chi connectivity index (χ3n) is 2.70. The largest absolute Gasteiger partial charge is 0.314 e. The Hall–Kier alpha value is -0.180. The van der Waals surface area contributed by atoms with Gasteiger partial charge in [-0.3, -0.25) is 0 Å². The number of sulfonamides is 1. The van der Waals surface area contributed by atoms with Crippen LogP contribution in [0.5, 0.6) is 0 Å². The van der Waals surface area contributed by atoms with Crippen LogP contribution >= 0.6 is 0 Å². The Morgan fingerprint density at radius 1 is 1.24 bits per heavy atom. The second kappa shape index (κ2) is 6.12. The molecule has 17 heavy (non-hydrogen) atoms. The molecule has 1 aliphatic heterocycles. The molecular formula is C9H20N2O4S2. The topological polar surface area (TPSA) is 92.3 Å². The van der Waals surface area contributed by atoms with Crippen molar-refractivity contribution in [3.05, 3.63) is 0 Å². The summed E-state index contributed by atoms with van der Waals surface area (Å²) in [4.78, 5) is 0. The Labute approximate surface area is 103 Å². The number of nitrogens with one attached hydrogen (secondary N) is 2. The number of hydrogen-bond acceptors (Lipinski definition) is 5. The molecule has 0 aliphatic carbocycles. The van der Waals surface area contributed by atoms with Gasteiger partial charge >= 0.3 is 0 Å². The number of hydrogen-bond donors (Lipinski definition) is 2. The fourth-order valence-electron chi connectivity index (χ4n) is 1.73. The molecule has 0 spiro atoms. The van der Waals surface area contributed by atoms with Crippen LogP contribution in [-0.2, 0) is 19.9 Å². The first kappa shape index (κ1) is 14.9. The van der Waals surface area contributed by atoms with E-state index >= 15 is 0 Å². The maximum Gasteiger partial charge on any atom is 0.212 e. The van der Waals surface area contributed by atoms with Gasteiger partial charge in [0.1, 0.15) is 9.84 Å². The van der Waals surface area contributed by atoms with Crippen molar-refractivity contribution < 1.29 is 16.8 Å². The molecule has 1 aliphatic rings. The zero-order valence-corrected chi connectivity index (χ0v) is 11.6. The molecule has 1 heterocycles. The summed E-state index contributed by atoms with van der Waals surface area (Å²) in [6.07, 6.45) is 3.99. The summed E-state index contributed by atoms with van der Waals surface area (Å²) in [5, 5.41) is 3.27. The molecule has 6 nitrogen and oxygen atoms in total. The standard InChI is InChI=1S/C9H20N2O4S2/c1-16(12,13)7-8-17(14,15)11-6-4-9-3-2-5-10-9/h9-11H,2-8H2,1H3/t9-/m1/s1. The first-order chi connectivity index (χ1) is 7.79. The average Bonchev–Trinajstić information content (AvgIpc) is 2.67. The van der Waals surface area contributed by atoms with E-state index in [4.69, 9.17) is 0 Å². The van der Waals surface area contributed by atoms with E-state index in [0.29, 0.717) is 12.6 Å². The predicted octanol–water partition coefficient (Wildman–Crippen LogP) is -0.907. The Kier molecular flexibility index (Phi) is 5.36. The van der Waals surface area contributed by atoms with Crippen LogP contribution in [0.15, 0.2) is 0 Å². The summed E-state index contributed by atoms with van der Waals surface area (Å²) >= 11 is 0. The molecule has 8 heteroatoms. The van der Waals surface area contributed by atoms with Crippen molar-refractivity contribution in [2.24, 2.45) is 0 Å². The summed E-state index contributed by atoms with van der Waals surface area (Å²) in [6, 6.07) is 0.382. The first-order valence-electron chi connectivity index (χ1n) is 5.67. The lowest BCUT2D eigenvalue weighted by Crippen LogP contribution is -2.33. The molecule has 0 aromatic rings. The van der Waals surface area contributed by atoms with Crippen molar-refractivity contribution in [3.63, 3.8) is 0 Å². The van der Waals surface area contributed by atoms with Crippen LogP contribution in [0.4, 0.5) is 0 Å². The van der Waals surface area contributed by atoms with Crippen LogP contribution in [0.25, 0.3) is 0 Å². The molecule has 0 unspecified atom stereocenters. The fourth-order valence-corrected chi connectivity index (χ4v) is 4.39. The molecule has 102 valence electrons. The lowest BCUT2D eigenvalue weighted by Gasteiger charge is -2.10. The Bertz CT molecular complexity index is 424. The van der Waals surface area contributed by atoms with E-state index in [1.54, 1.807) is 0 Å².